The van der Waals surface area contributed by atoms with Crippen LogP contribution in [0.4, 0.5) is 8.78 Å². The van der Waals surface area contributed by atoms with Crippen molar-refractivity contribution >= 4 is 17.3 Å². The van der Waals surface area contributed by atoms with E-state index in [1.54, 1.807) is 6.92 Å². The van der Waals surface area contributed by atoms with Crippen molar-refractivity contribution in [3.8, 4) is 0 Å². The van der Waals surface area contributed by atoms with Crippen LogP contribution in [0.5, 0.6) is 0 Å². The molecule has 0 saturated heterocycles. The van der Waals surface area contributed by atoms with E-state index in [1.807, 2.05) is 0 Å². The van der Waals surface area contributed by atoms with Gasteiger partial charge < -0.3 is 4.42 Å². The SMILES string of the molecule is Cc1c(C=O)oc2c(F)cc(F)cc12. The second-order valence-electron chi connectivity index (χ2n) is 2.97. The number of aryl methyl sites for hydroxylation is 1. The molecule has 2 nitrogen and oxygen atoms in total. The quantitative estimate of drug-likeness (QED) is 0.656. The second-order valence-corrected chi connectivity index (χ2v) is 2.97. The van der Waals surface area contributed by atoms with Gasteiger partial charge in [-0.05, 0) is 13.0 Å². The number of fused-ring (bicyclic) bond motifs is 1. The molecule has 0 N–H and O–H groups in total. The van der Waals surface area contributed by atoms with E-state index in [4.69, 9.17) is 4.42 Å². The molecule has 2 aromatic rings. The van der Waals surface area contributed by atoms with Gasteiger partial charge in [-0.25, -0.2) is 8.78 Å². The predicted octanol–water partition coefficient (Wildman–Crippen LogP) is 2.83. The van der Waals surface area contributed by atoms with E-state index >= 15 is 0 Å². The van der Waals surface area contributed by atoms with Gasteiger partial charge in [0.05, 0.1) is 0 Å². The maximum absolute atomic E-state index is 13.1. The third-order valence-corrected chi connectivity index (χ3v) is 2.10. The number of aldehydes is 1. The van der Waals surface area contributed by atoms with Crippen molar-refractivity contribution < 1.29 is 18.0 Å². The van der Waals surface area contributed by atoms with E-state index in [1.165, 1.54) is 0 Å². The fourth-order valence-corrected chi connectivity index (χ4v) is 1.37. The largest absolute Gasteiger partial charge is 0.450 e. The van der Waals surface area contributed by atoms with Crippen LogP contribution in [-0.4, -0.2) is 6.29 Å². The standard InChI is InChI=1S/C10H6F2O2/c1-5-7-2-6(11)3-8(12)10(7)14-9(5)4-13/h2-4H,1H3. The van der Waals surface area contributed by atoms with Crippen LogP contribution in [0, 0.1) is 18.6 Å². The van der Waals surface area contributed by atoms with Gasteiger partial charge in [0, 0.05) is 17.0 Å². The van der Waals surface area contributed by atoms with Crippen LogP contribution < -0.4 is 0 Å². The van der Waals surface area contributed by atoms with Crippen LogP contribution in [0.3, 0.4) is 0 Å². The van der Waals surface area contributed by atoms with Crippen LogP contribution in [0.15, 0.2) is 16.5 Å². The fourth-order valence-electron chi connectivity index (χ4n) is 1.37. The minimum atomic E-state index is -0.795. The van der Waals surface area contributed by atoms with Crippen LogP contribution in [0.2, 0.25) is 0 Å². The highest BCUT2D eigenvalue weighted by atomic mass is 19.1. The first-order chi connectivity index (χ1) is 6.63. The first-order valence-electron chi connectivity index (χ1n) is 3.97. The molecule has 0 bridgehead atoms. The Morgan fingerprint density at radius 1 is 1.36 bits per heavy atom. The third-order valence-electron chi connectivity index (χ3n) is 2.10. The number of carbonyl (C=O) groups is 1. The molecule has 0 amide bonds. The van der Waals surface area contributed by atoms with Gasteiger partial charge in [-0.2, -0.15) is 0 Å². The maximum atomic E-state index is 13.1. The Morgan fingerprint density at radius 3 is 2.71 bits per heavy atom. The molecular formula is C10H6F2O2. The molecule has 0 aliphatic heterocycles. The molecule has 0 fully saturated rings. The summed E-state index contributed by atoms with van der Waals surface area (Å²) in [4.78, 5) is 10.5. The highest BCUT2D eigenvalue weighted by Gasteiger charge is 2.14. The van der Waals surface area contributed by atoms with E-state index in [0.29, 0.717) is 17.2 Å². The number of furan rings is 1. The molecule has 2 rings (SSSR count). The zero-order valence-corrected chi connectivity index (χ0v) is 7.30. The molecule has 4 heteroatoms. The molecule has 0 saturated carbocycles. The molecule has 0 unspecified atom stereocenters. The molecule has 72 valence electrons. The lowest BCUT2D eigenvalue weighted by Crippen LogP contribution is -1.80. The van der Waals surface area contributed by atoms with Crippen molar-refractivity contribution in [2.75, 3.05) is 0 Å². The van der Waals surface area contributed by atoms with Gasteiger partial charge in [-0.15, -0.1) is 0 Å². The monoisotopic (exact) mass is 196 g/mol. The van der Waals surface area contributed by atoms with Gasteiger partial charge in [-0.3, -0.25) is 4.79 Å². The predicted molar refractivity (Wildman–Crippen MR) is 46.3 cm³/mol. The first-order valence-corrected chi connectivity index (χ1v) is 3.97. The summed E-state index contributed by atoms with van der Waals surface area (Å²) in [5.41, 5.74) is 0.374. The van der Waals surface area contributed by atoms with E-state index in [-0.39, 0.29) is 11.3 Å². The van der Waals surface area contributed by atoms with Crippen molar-refractivity contribution in [2.45, 2.75) is 6.92 Å². The van der Waals surface area contributed by atoms with E-state index in [0.717, 1.165) is 12.1 Å². The van der Waals surface area contributed by atoms with Gasteiger partial charge in [0.15, 0.2) is 23.4 Å². The summed E-state index contributed by atoms with van der Waals surface area (Å²) in [6.07, 6.45) is 0.479. The zero-order chi connectivity index (χ0) is 10.3. The van der Waals surface area contributed by atoms with E-state index < -0.39 is 11.6 Å². The smallest absolute Gasteiger partial charge is 0.185 e. The lowest BCUT2D eigenvalue weighted by atomic mass is 10.1. The zero-order valence-electron chi connectivity index (χ0n) is 7.30. The van der Waals surface area contributed by atoms with E-state index in [2.05, 4.69) is 0 Å². The summed E-state index contributed by atoms with van der Waals surface area (Å²) in [5.74, 6) is -1.45. The molecule has 0 radical (unpaired) electrons. The Kier molecular flexibility index (Phi) is 1.84. The Bertz CT molecular complexity index is 514. The van der Waals surface area contributed by atoms with Gasteiger partial charge in [-0.1, -0.05) is 0 Å². The van der Waals surface area contributed by atoms with Crippen molar-refractivity contribution in [3.63, 3.8) is 0 Å². The van der Waals surface area contributed by atoms with Gasteiger partial charge >= 0.3 is 0 Å². The maximum Gasteiger partial charge on any atom is 0.185 e. The number of hydrogen-bond acceptors (Lipinski definition) is 2. The second kappa shape index (κ2) is 2.90. The lowest BCUT2D eigenvalue weighted by Gasteiger charge is -1.92. The molecule has 1 aromatic heterocycles. The molecule has 0 aliphatic carbocycles. The Morgan fingerprint density at radius 2 is 2.07 bits per heavy atom. The number of benzene rings is 1. The van der Waals surface area contributed by atoms with Crippen LogP contribution >= 0.6 is 0 Å². The number of halogens is 2. The molecule has 0 atom stereocenters. The normalized spacial score (nSPS) is 10.8. The highest BCUT2D eigenvalue weighted by Crippen LogP contribution is 2.27. The summed E-state index contributed by atoms with van der Waals surface area (Å²) in [5, 5.41) is 0.296. The van der Waals surface area contributed by atoms with Crippen molar-refractivity contribution in [2.24, 2.45) is 0 Å². The third kappa shape index (κ3) is 1.11. The number of carbonyl (C=O) groups excluding carboxylic acids is 1. The van der Waals surface area contributed by atoms with Gasteiger partial charge in [0.1, 0.15) is 5.82 Å². The molecule has 14 heavy (non-hydrogen) atoms. The van der Waals surface area contributed by atoms with E-state index in [9.17, 15) is 13.6 Å². The molecule has 1 aromatic carbocycles. The highest BCUT2D eigenvalue weighted by molar-refractivity contribution is 5.89. The lowest BCUT2D eigenvalue weighted by molar-refractivity contribution is 0.110. The molecule has 0 aliphatic rings. The van der Waals surface area contributed by atoms with Crippen LogP contribution in [-0.2, 0) is 0 Å². The average molecular weight is 196 g/mol. The molecule has 0 spiro atoms. The van der Waals surface area contributed by atoms with Gasteiger partial charge in [0.2, 0.25) is 0 Å². The Balaban J connectivity index is 2.91. The van der Waals surface area contributed by atoms with Crippen molar-refractivity contribution in [3.05, 3.63) is 35.1 Å². The number of hydrogen-bond donors (Lipinski definition) is 0. The summed E-state index contributed by atoms with van der Waals surface area (Å²) in [6, 6.07) is 1.87. The topological polar surface area (TPSA) is 30.2 Å². The fraction of sp³-hybridized carbons (Fsp3) is 0.100. The Labute approximate surface area is 78.1 Å². The Hall–Kier alpha value is -1.71. The van der Waals surface area contributed by atoms with Crippen LogP contribution in [0.25, 0.3) is 11.0 Å². The molecule has 1 heterocycles. The first kappa shape index (κ1) is 8.87. The average Bonchev–Trinajstić information content (AvgIpc) is 2.44. The molecular weight excluding hydrogens is 190 g/mol. The number of rotatable bonds is 1. The van der Waals surface area contributed by atoms with Crippen molar-refractivity contribution in [1.82, 2.24) is 0 Å². The van der Waals surface area contributed by atoms with Crippen LogP contribution in [0.1, 0.15) is 16.1 Å². The summed E-state index contributed by atoms with van der Waals surface area (Å²) in [6.45, 7) is 1.58. The van der Waals surface area contributed by atoms with Gasteiger partial charge in [0.25, 0.3) is 0 Å². The van der Waals surface area contributed by atoms with Crippen molar-refractivity contribution in [1.29, 1.82) is 0 Å². The minimum Gasteiger partial charge on any atom is -0.450 e. The summed E-state index contributed by atoms with van der Waals surface area (Å²) in [7, 11) is 0. The summed E-state index contributed by atoms with van der Waals surface area (Å²) < 4.78 is 30.9. The minimum absolute atomic E-state index is 0.0319. The summed E-state index contributed by atoms with van der Waals surface area (Å²) >= 11 is 0.